The Balaban J connectivity index is 2.09. The molecule has 0 radical (unpaired) electrons. The minimum absolute atomic E-state index is 0.687. The van der Waals surface area contributed by atoms with Gasteiger partial charge in [-0.3, -0.25) is 0 Å². The molecule has 1 N–H and O–H groups in total. The van der Waals surface area contributed by atoms with Crippen LogP contribution in [0.1, 0.15) is 18.1 Å². The molecule has 102 valence electrons. The van der Waals surface area contributed by atoms with Gasteiger partial charge in [-0.1, -0.05) is 23.4 Å². The van der Waals surface area contributed by atoms with Crippen LogP contribution >= 0.6 is 0 Å². The summed E-state index contributed by atoms with van der Waals surface area (Å²) in [7, 11) is 0. The highest BCUT2D eigenvalue weighted by Gasteiger charge is 2.12. The lowest BCUT2D eigenvalue weighted by atomic mass is 10.1. The Labute approximate surface area is 116 Å². The van der Waals surface area contributed by atoms with Crippen LogP contribution in [-0.2, 0) is 6.54 Å². The smallest absolute Gasteiger partial charge is 0.183 e. The van der Waals surface area contributed by atoms with Crippen molar-refractivity contribution < 1.29 is 0 Å². The van der Waals surface area contributed by atoms with Crippen molar-refractivity contribution in [2.45, 2.75) is 27.3 Å². The lowest BCUT2D eigenvalue weighted by Crippen LogP contribution is -2.01. The van der Waals surface area contributed by atoms with E-state index in [2.05, 4.69) is 51.6 Å². The van der Waals surface area contributed by atoms with Crippen LogP contribution in [0.5, 0.6) is 0 Å². The first kappa shape index (κ1) is 12.5. The van der Waals surface area contributed by atoms with Crippen LogP contribution < -0.4 is 5.32 Å². The third kappa shape index (κ3) is 1.99. The molecule has 2 aromatic heterocycles. The fraction of sp³-hybridized carbons (Fsp3) is 0.286. The molecule has 0 unspecified atom stereocenters. The Kier molecular flexibility index (Phi) is 3.06. The third-order valence-corrected chi connectivity index (χ3v) is 3.32. The van der Waals surface area contributed by atoms with Gasteiger partial charge in [0.15, 0.2) is 17.0 Å². The van der Waals surface area contributed by atoms with Gasteiger partial charge in [-0.2, -0.15) is 0 Å². The van der Waals surface area contributed by atoms with Gasteiger partial charge in [0.25, 0.3) is 0 Å². The molecule has 3 aromatic rings. The Bertz CT molecular complexity index is 741. The highest BCUT2D eigenvalue weighted by molar-refractivity contribution is 5.85. The highest BCUT2D eigenvalue weighted by Crippen LogP contribution is 2.26. The molecule has 2 heterocycles. The number of anilines is 2. The largest absolute Gasteiger partial charge is 0.338 e. The molecule has 20 heavy (non-hydrogen) atoms. The van der Waals surface area contributed by atoms with Crippen molar-refractivity contribution in [2.24, 2.45) is 0 Å². The number of nitrogens with one attached hydrogen (secondary N) is 1. The van der Waals surface area contributed by atoms with E-state index in [1.165, 1.54) is 17.5 Å². The summed E-state index contributed by atoms with van der Waals surface area (Å²) < 4.78 is 1.76. The van der Waals surface area contributed by atoms with E-state index in [0.717, 1.165) is 17.9 Å². The Hall–Kier alpha value is -2.50. The molecule has 0 bridgehead atoms. The van der Waals surface area contributed by atoms with Crippen molar-refractivity contribution in [3.8, 4) is 0 Å². The lowest BCUT2D eigenvalue weighted by molar-refractivity contribution is 0.641. The molecule has 0 aliphatic rings. The van der Waals surface area contributed by atoms with E-state index < -0.39 is 0 Å². The number of aryl methyl sites for hydroxylation is 3. The molecule has 0 spiro atoms. The number of fused-ring (bicyclic) bond motifs is 1. The molecule has 6 nitrogen and oxygen atoms in total. The van der Waals surface area contributed by atoms with Gasteiger partial charge >= 0.3 is 0 Å². The molecule has 0 amide bonds. The predicted octanol–water partition coefficient (Wildman–Crippen LogP) is 2.60. The minimum Gasteiger partial charge on any atom is -0.338 e. The Morgan fingerprint density at radius 1 is 1.15 bits per heavy atom. The van der Waals surface area contributed by atoms with Crippen molar-refractivity contribution in [1.82, 2.24) is 25.0 Å². The maximum Gasteiger partial charge on any atom is 0.183 e. The molecule has 0 aliphatic heterocycles. The molecular weight excluding hydrogens is 252 g/mol. The number of aromatic nitrogens is 5. The molecule has 0 aliphatic carbocycles. The molecule has 0 saturated carbocycles. The van der Waals surface area contributed by atoms with Gasteiger partial charge in [0, 0.05) is 12.2 Å². The standard InChI is InChI=1S/C14H16N6/c1-4-20-14-12(18-19-20)13(15-8-16-14)17-11-9(2)6-5-7-10(11)3/h5-8H,4H2,1-3H3,(H,15,16,17). The Morgan fingerprint density at radius 2 is 1.90 bits per heavy atom. The quantitative estimate of drug-likeness (QED) is 0.790. The zero-order valence-corrected chi connectivity index (χ0v) is 11.8. The van der Waals surface area contributed by atoms with Gasteiger partial charge in [-0.05, 0) is 31.9 Å². The summed E-state index contributed by atoms with van der Waals surface area (Å²) in [5.41, 5.74) is 4.83. The van der Waals surface area contributed by atoms with Gasteiger partial charge in [-0.25, -0.2) is 14.6 Å². The van der Waals surface area contributed by atoms with Crippen LogP contribution in [0.4, 0.5) is 11.5 Å². The lowest BCUT2D eigenvalue weighted by Gasteiger charge is -2.11. The summed E-state index contributed by atoms with van der Waals surface area (Å²) in [5, 5.41) is 11.6. The third-order valence-electron chi connectivity index (χ3n) is 3.32. The van der Waals surface area contributed by atoms with Crippen LogP contribution in [-0.4, -0.2) is 25.0 Å². The average molecular weight is 268 g/mol. The van der Waals surface area contributed by atoms with E-state index in [1.54, 1.807) is 4.68 Å². The van der Waals surface area contributed by atoms with Gasteiger partial charge < -0.3 is 5.32 Å². The molecule has 3 rings (SSSR count). The van der Waals surface area contributed by atoms with Crippen molar-refractivity contribution in [2.75, 3.05) is 5.32 Å². The number of nitrogens with zero attached hydrogens (tertiary/aromatic N) is 5. The first-order chi connectivity index (χ1) is 9.70. The van der Waals surface area contributed by atoms with Gasteiger partial charge in [-0.15, -0.1) is 5.10 Å². The van der Waals surface area contributed by atoms with Crippen LogP contribution in [0.25, 0.3) is 11.2 Å². The number of benzene rings is 1. The van der Waals surface area contributed by atoms with Crippen molar-refractivity contribution in [1.29, 1.82) is 0 Å². The van der Waals surface area contributed by atoms with Crippen LogP contribution in [0.2, 0.25) is 0 Å². The number of hydrogen-bond acceptors (Lipinski definition) is 5. The molecule has 6 heteroatoms. The second-order valence-electron chi connectivity index (χ2n) is 4.69. The maximum absolute atomic E-state index is 4.29. The average Bonchev–Trinajstić information content (AvgIpc) is 2.87. The fourth-order valence-electron chi connectivity index (χ4n) is 2.23. The summed E-state index contributed by atoms with van der Waals surface area (Å²) in [6.07, 6.45) is 1.54. The zero-order valence-electron chi connectivity index (χ0n) is 11.8. The van der Waals surface area contributed by atoms with Gasteiger partial charge in [0.05, 0.1) is 0 Å². The topological polar surface area (TPSA) is 68.5 Å². The van der Waals surface area contributed by atoms with Crippen molar-refractivity contribution in [3.05, 3.63) is 35.7 Å². The monoisotopic (exact) mass is 268 g/mol. The summed E-state index contributed by atoms with van der Waals surface area (Å²) in [4.78, 5) is 8.54. The predicted molar refractivity (Wildman–Crippen MR) is 78.0 cm³/mol. The van der Waals surface area contributed by atoms with E-state index >= 15 is 0 Å². The molecule has 0 saturated heterocycles. The maximum atomic E-state index is 4.29. The van der Waals surface area contributed by atoms with Gasteiger partial charge in [0.2, 0.25) is 0 Å². The summed E-state index contributed by atoms with van der Waals surface area (Å²) >= 11 is 0. The van der Waals surface area contributed by atoms with Crippen molar-refractivity contribution >= 4 is 22.7 Å². The second-order valence-corrected chi connectivity index (χ2v) is 4.69. The van der Waals surface area contributed by atoms with Crippen LogP contribution in [0.15, 0.2) is 24.5 Å². The zero-order chi connectivity index (χ0) is 14.1. The molecule has 0 fully saturated rings. The van der Waals surface area contributed by atoms with E-state index in [1.807, 2.05) is 13.0 Å². The Morgan fingerprint density at radius 3 is 2.60 bits per heavy atom. The summed E-state index contributed by atoms with van der Waals surface area (Å²) in [6.45, 7) is 6.87. The fourth-order valence-corrected chi connectivity index (χ4v) is 2.23. The van der Waals surface area contributed by atoms with E-state index in [-0.39, 0.29) is 0 Å². The van der Waals surface area contributed by atoms with Gasteiger partial charge in [0.1, 0.15) is 6.33 Å². The van der Waals surface area contributed by atoms with Crippen LogP contribution in [0, 0.1) is 13.8 Å². The number of rotatable bonds is 3. The first-order valence-electron chi connectivity index (χ1n) is 6.58. The first-order valence-corrected chi connectivity index (χ1v) is 6.58. The van der Waals surface area contributed by atoms with E-state index in [0.29, 0.717) is 11.3 Å². The molecule has 0 atom stereocenters. The van der Waals surface area contributed by atoms with E-state index in [9.17, 15) is 0 Å². The van der Waals surface area contributed by atoms with Crippen LogP contribution in [0.3, 0.4) is 0 Å². The van der Waals surface area contributed by atoms with E-state index in [4.69, 9.17) is 0 Å². The number of para-hydroxylation sites is 1. The summed E-state index contributed by atoms with van der Waals surface area (Å²) in [5.74, 6) is 0.687. The van der Waals surface area contributed by atoms with Crippen molar-refractivity contribution in [3.63, 3.8) is 0 Å². The summed E-state index contributed by atoms with van der Waals surface area (Å²) in [6, 6.07) is 6.17. The molecular formula is C14H16N6. The number of hydrogen-bond donors (Lipinski definition) is 1. The highest BCUT2D eigenvalue weighted by atomic mass is 15.4. The minimum atomic E-state index is 0.687. The normalized spacial score (nSPS) is 10.9. The second kappa shape index (κ2) is 4.88. The SMILES string of the molecule is CCn1nnc2c(Nc3c(C)cccc3C)ncnc21. The molecule has 1 aromatic carbocycles.